The van der Waals surface area contributed by atoms with Crippen LogP contribution in [0, 0.1) is 6.92 Å². The van der Waals surface area contributed by atoms with Crippen molar-refractivity contribution in [2.45, 2.75) is 6.92 Å². The summed E-state index contributed by atoms with van der Waals surface area (Å²) in [6.45, 7) is 1.82. The molecule has 0 saturated carbocycles. The summed E-state index contributed by atoms with van der Waals surface area (Å²) in [7, 11) is 0. The molecule has 5 heteroatoms. The van der Waals surface area contributed by atoms with Crippen LogP contribution >= 0.6 is 15.9 Å². The highest BCUT2D eigenvalue weighted by Gasteiger charge is 2.06. The molecule has 27 heavy (non-hydrogen) atoms. The third kappa shape index (κ3) is 5.05. The Hall–Kier alpha value is -2.92. The van der Waals surface area contributed by atoms with Crippen LogP contribution in [0.25, 0.3) is 16.8 Å². The van der Waals surface area contributed by atoms with E-state index in [1.54, 1.807) is 6.08 Å². The summed E-state index contributed by atoms with van der Waals surface area (Å²) in [4.78, 5) is 24.1. The molecule has 3 aromatic carbocycles. The number of hydrogen-bond donors (Lipinski definition) is 2. The lowest BCUT2D eigenvalue weighted by Crippen LogP contribution is -2.31. The average Bonchev–Trinajstić information content (AvgIpc) is 2.67. The molecule has 4 nitrogen and oxygen atoms in total. The van der Waals surface area contributed by atoms with Crippen molar-refractivity contribution >= 4 is 50.3 Å². The minimum absolute atomic E-state index is 0.0891. The highest BCUT2D eigenvalue weighted by Crippen LogP contribution is 2.20. The molecule has 0 aliphatic rings. The van der Waals surface area contributed by atoms with Crippen LogP contribution in [-0.2, 0) is 9.59 Å². The first kappa shape index (κ1) is 18.9. The van der Waals surface area contributed by atoms with Crippen molar-refractivity contribution in [1.82, 2.24) is 5.32 Å². The summed E-state index contributed by atoms with van der Waals surface area (Å²) in [6.07, 6.45) is 3.20. The van der Waals surface area contributed by atoms with Gasteiger partial charge in [0, 0.05) is 16.2 Å². The number of aryl methyl sites for hydroxylation is 1. The van der Waals surface area contributed by atoms with Crippen LogP contribution in [-0.4, -0.2) is 18.4 Å². The molecule has 0 saturated heterocycles. The Morgan fingerprint density at radius 2 is 1.81 bits per heavy atom. The van der Waals surface area contributed by atoms with Gasteiger partial charge in [0.2, 0.25) is 11.8 Å². The lowest BCUT2D eigenvalue weighted by molar-refractivity contribution is -0.121. The number of hydrogen-bond acceptors (Lipinski definition) is 2. The summed E-state index contributed by atoms with van der Waals surface area (Å²) >= 11 is 3.39. The van der Waals surface area contributed by atoms with Gasteiger partial charge < -0.3 is 10.6 Å². The maximum absolute atomic E-state index is 12.0. The second-order valence-electron chi connectivity index (χ2n) is 6.13. The molecule has 0 radical (unpaired) electrons. The SMILES string of the molecule is Cc1cc(Br)ccc1NC(=O)CNC(=O)/C=C/c1cccc2ccccc12. The number of anilines is 1. The van der Waals surface area contributed by atoms with Gasteiger partial charge in [-0.3, -0.25) is 9.59 Å². The Morgan fingerprint density at radius 1 is 1.04 bits per heavy atom. The van der Waals surface area contributed by atoms with Crippen LogP contribution in [0.5, 0.6) is 0 Å². The quantitative estimate of drug-likeness (QED) is 0.586. The molecule has 0 bridgehead atoms. The first-order valence-corrected chi connectivity index (χ1v) is 9.32. The predicted octanol–water partition coefficient (Wildman–Crippen LogP) is 4.68. The second kappa shape index (κ2) is 8.64. The van der Waals surface area contributed by atoms with Gasteiger partial charge in [0.15, 0.2) is 0 Å². The standard InChI is InChI=1S/C22H19BrN2O2/c1-15-13-18(23)10-11-20(15)25-22(27)14-24-21(26)12-9-17-7-4-6-16-5-2-3-8-19(16)17/h2-13H,14H2,1H3,(H,24,26)(H,25,27)/b12-9+. The van der Waals surface area contributed by atoms with Gasteiger partial charge in [0.1, 0.15) is 0 Å². The molecular weight excluding hydrogens is 404 g/mol. The Kier molecular flexibility index (Phi) is 6.04. The summed E-state index contributed by atoms with van der Waals surface area (Å²) in [5.74, 6) is -0.585. The van der Waals surface area contributed by atoms with Crippen LogP contribution in [0.2, 0.25) is 0 Å². The fraction of sp³-hybridized carbons (Fsp3) is 0.0909. The molecule has 0 heterocycles. The first-order valence-electron chi connectivity index (χ1n) is 8.52. The van der Waals surface area contributed by atoms with Gasteiger partial charge in [-0.05, 0) is 53.1 Å². The van der Waals surface area contributed by atoms with Gasteiger partial charge in [-0.25, -0.2) is 0 Å². The van der Waals surface area contributed by atoms with Crippen LogP contribution < -0.4 is 10.6 Å². The monoisotopic (exact) mass is 422 g/mol. The number of carbonyl (C=O) groups is 2. The maximum atomic E-state index is 12.0. The Labute approximate surface area is 166 Å². The van der Waals surface area contributed by atoms with Crippen molar-refractivity contribution in [3.05, 3.63) is 82.3 Å². The molecule has 0 aromatic heterocycles. The lowest BCUT2D eigenvalue weighted by Gasteiger charge is -2.09. The van der Waals surface area contributed by atoms with E-state index < -0.39 is 0 Å². The van der Waals surface area contributed by atoms with E-state index in [9.17, 15) is 9.59 Å². The van der Waals surface area contributed by atoms with E-state index in [4.69, 9.17) is 0 Å². The van der Waals surface area contributed by atoms with Gasteiger partial charge in [-0.1, -0.05) is 58.4 Å². The molecule has 0 unspecified atom stereocenters. The molecule has 2 amide bonds. The Balaban J connectivity index is 1.57. The zero-order chi connectivity index (χ0) is 19.2. The number of benzene rings is 3. The molecule has 0 fully saturated rings. The molecule has 0 aliphatic carbocycles. The smallest absolute Gasteiger partial charge is 0.244 e. The molecule has 0 atom stereocenters. The summed E-state index contributed by atoms with van der Waals surface area (Å²) in [5, 5.41) is 7.59. The van der Waals surface area contributed by atoms with E-state index in [1.807, 2.05) is 67.6 Å². The van der Waals surface area contributed by atoms with E-state index in [-0.39, 0.29) is 18.4 Å². The molecule has 0 aliphatic heterocycles. The van der Waals surface area contributed by atoms with Crippen molar-refractivity contribution in [1.29, 1.82) is 0 Å². The highest BCUT2D eigenvalue weighted by molar-refractivity contribution is 9.10. The van der Waals surface area contributed by atoms with E-state index in [2.05, 4.69) is 26.6 Å². The van der Waals surface area contributed by atoms with Gasteiger partial charge in [-0.15, -0.1) is 0 Å². The topological polar surface area (TPSA) is 58.2 Å². The van der Waals surface area contributed by atoms with Crippen LogP contribution in [0.1, 0.15) is 11.1 Å². The number of nitrogens with one attached hydrogen (secondary N) is 2. The maximum Gasteiger partial charge on any atom is 0.244 e. The van der Waals surface area contributed by atoms with Crippen LogP contribution in [0.3, 0.4) is 0 Å². The van der Waals surface area contributed by atoms with Crippen molar-refractivity contribution in [2.24, 2.45) is 0 Å². The molecule has 2 N–H and O–H groups in total. The minimum atomic E-state index is -0.314. The van der Waals surface area contributed by atoms with Gasteiger partial charge in [0.25, 0.3) is 0 Å². The highest BCUT2D eigenvalue weighted by atomic mass is 79.9. The molecule has 136 valence electrons. The number of halogens is 1. The normalized spacial score (nSPS) is 10.9. The minimum Gasteiger partial charge on any atom is -0.343 e. The summed E-state index contributed by atoms with van der Waals surface area (Å²) < 4.78 is 0.949. The molecule has 3 aromatic rings. The van der Waals surface area contributed by atoms with Crippen molar-refractivity contribution < 1.29 is 9.59 Å². The first-order chi connectivity index (χ1) is 13.0. The summed E-state index contributed by atoms with van der Waals surface area (Å²) in [6, 6.07) is 19.5. The third-order valence-corrected chi connectivity index (χ3v) is 4.62. The zero-order valence-corrected chi connectivity index (χ0v) is 16.4. The molecule has 0 spiro atoms. The van der Waals surface area contributed by atoms with Crippen molar-refractivity contribution in [3.8, 4) is 0 Å². The fourth-order valence-electron chi connectivity index (χ4n) is 2.75. The van der Waals surface area contributed by atoms with E-state index in [0.29, 0.717) is 0 Å². The number of amides is 2. The van der Waals surface area contributed by atoms with Gasteiger partial charge >= 0.3 is 0 Å². The zero-order valence-electron chi connectivity index (χ0n) is 14.8. The van der Waals surface area contributed by atoms with E-state index in [0.717, 1.165) is 32.1 Å². The van der Waals surface area contributed by atoms with E-state index in [1.165, 1.54) is 6.08 Å². The predicted molar refractivity (Wildman–Crippen MR) is 114 cm³/mol. The number of carbonyl (C=O) groups excluding carboxylic acids is 2. The van der Waals surface area contributed by atoms with Gasteiger partial charge in [0.05, 0.1) is 6.54 Å². The lowest BCUT2D eigenvalue weighted by atomic mass is 10.0. The van der Waals surface area contributed by atoms with Crippen LogP contribution in [0.4, 0.5) is 5.69 Å². The third-order valence-electron chi connectivity index (χ3n) is 4.12. The molecule has 3 rings (SSSR count). The number of fused-ring (bicyclic) bond motifs is 1. The Morgan fingerprint density at radius 3 is 2.63 bits per heavy atom. The largest absolute Gasteiger partial charge is 0.343 e. The van der Waals surface area contributed by atoms with Crippen molar-refractivity contribution in [2.75, 3.05) is 11.9 Å². The second-order valence-corrected chi connectivity index (χ2v) is 7.04. The number of rotatable bonds is 5. The fourth-order valence-corrected chi connectivity index (χ4v) is 3.22. The van der Waals surface area contributed by atoms with Crippen molar-refractivity contribution in [3.63, 3.8) is 0 Å². The van der Waals surface area contributed by atoms with Gasteiger partial charge in [-0.2, -0.15) is 0 Å². The Bertz CT molecular complexity index is 1020. The van der Waals surface area contributed by atoms with E-state index >= 15 is 0 Å². The van der Waals surface area contributed by atoms with Crippen LogP contribution in [0.15, 0.2) is 71.2 Å². The average molecular weight is 423 g/mol. The summed E-state index contributed by atoms with van der Waals surface area (Å²) in [5.41, 5.74) is 2.63. The molecular formula is C22H19BrN2O2.